The molecule has 0 atom stereocenters. The van der Waals surface area contributed by atoms with Crippen LogP contribution in [0.4, 0.5) is 0 Å². The summed E-state index contributed by atoms with van der Waals surface area (Å²) >= 11 is 0. The molecule has 0 bridgehead atoms. The van der Waals surface area contributed by atoms with Gasteiger partial charge in [0, 0.05) is 12.0 Å². The maximum absolute atomic E-state index is 12.7. The number of fused-ring (bicyclic) bond motifs is 1. The maximum atomic E-state index is 12.7. The van der Waals surface area contributed by atoms with Crippen molar-refractivity contribution < 1.29 is 9.15 Å². The molecule has 0 radical (unpaired) electrons. The molecule has 30 heavy (non-hydrogen) atoms. The van der Waals surface area contributed by atoms with E-state index in [1.54, 1.807) is 0 Å². The SMILES string of the molecule is Cc1cc(OCC=Cc2ccccc2)c2c(C)c(Cc3ccccc3)c(=O)oc2c1. The molecule has 0 aliphatic heterocycles. The van der Waals surface area contributed by atoms with Gasteiger partial charge in [0.1, 0.15) is 17.9 Å². The Hall–Kier alpha value is -3.59. The van der Waals surface area contributed by atoms with Gasteiger partial charge in [-0.05, 0) is 54.3 Å². The van der Waals surface area contributed by atoms with Crippen LogP contribution < -0.4 is 10.4 Å². The fourth-order valence-electron chi connectivity index (χ4n) is 3.64. The molecule has 150 valence electrons. The van der Waals surface area contributed by atoms with E-state index in [0.717, 1.165) is 33.4 Å². The number of hydrogen-bond acceptors (Lipinski definition) is 3. The Morgan fingerprint density at radius 3 is 2.37 bits per heavy atom. The second-order valence-corrected chi connectivity index (χ2v) is 7.42. The monoisotopic (exact) mass is 396 g/mol. The standard InChI is InChI=1S/C27H24O3/c1-19-16-24(29-15-9-14-21-10-5-3-6-11-21)26-20(2)23(27(28)30-25(26)17-19)18-22-12-7-4-8-13-22/h3-14,16-17H,15,18H2,1-2H3. The van der Waals surface area contributed by atoms with Crippen LogP contribution in [0.15, 0.2) is 88.1 Å². The molecule has 3 nitrogen and oxygen atoms in total. The van der Waals surface area contributed by atoms with Crippen LogP contribution in [0.5, 0.6) is 5.75 Å². The van der Waals surface area contributed by atoms with Crippen molar-refractivity contribution in [3.05, 3.63) is 117 Å². The molecular weight excluding hydrogens is 372 g/mol. The van der Waals surface area contributed by atoms with Crippen molar-refractivity contribution >= 4 is 17.0 Å². The highest BCUT2D eigenvalue weighted by Gasteiger charge is 2.16. The zero-order valence-corrected chi connectivity index (χ0v) is 17.2. The minimum atomic E-state index is -0.288. The van der Waals surface area contributed by atoms with Crippen molar-refractivity contribution in [2.45, 2.75) is 20.3 Å². The molecule has 0 unspecified atom stereocenters. The fourth-order valence-corrected chi connectivity index (χ4v) is 3.64. The van der Waals surface area contributed by atoms with Gasteiger partial charge in [0.25, 0.3) is 0 Å². The highest BCUT2D eigenvalue weighted by atomic mass is 16.5. The molecule has 0 N–H and O–H groups in total. The Kier molecular flexibility index (Phi) is 5.80. The number of aryl methyl sites for hydroxylation is 2. The van der Waals surface area contributed by atoms with Crippen molar-refractivity contribution in [3.63, 3.8) is 0 Å². The molecule has 3 heteroatoms. The van der Waals surface area contributed by atoms with Crippen LogP contribution in [-0.4, -0.2) is 6.61 Å². The largest absolute Gasteiger partial charge is 0.489 e. The molecule has 0 fully saturated rings. The van der Waals surface area contributed by atoms with Crippen LogP contribution >= 0.6 is 0 Å². The van der Waals surface area contributed by atoms with E-state index >= 15 is 0 Å². The normalized spacial score (nSPS) is 11.3. The average Bonchev–Trinajstić information content (AvgIpc) is 2.75. The van der Waals surface area contributed by atoms with Gasteiger partial charge in [-0.1, -0.05) is 66.7 Å². The van der Waals surface area contributed by atoms with Crippen molar-refractivity contribution in [2.75, 3.05) is 6.61 Å². The summed E-state index contributed by atoms with van der Waals surface area (Å²) in [5.41, 5.74) is 5.05. The first-order valence-corrected chi connectivity index (χ1v) is 10.1. The molecule has 0 aliphatic carbocycles. The molecule has 1 heterocycles. The lowest BCUT2D eigenvalue weighted by atomic mass is 9.98. The zero-order chi connectivity index (χ0) is 20.9. The molecular formula is C27H24O3. The summed E-state index contributed by atoms with van der Waals surface area (Å²) in [5, 5.41) is 0.860. The predicted molar refractivity (Wildman–Crippen MR) is 122 cm³/mol. The quantitative estimate of drug-likeness (QED) is 0.370. The molecule has 0 spiro atoms. The lowest BCUT2D eigenvalue weighted by Crippen LogP contribution is -2.11. The number of hydrogen-bond donors (Lipinski definition) is 0. The summed E-state index contributed by atoms with van der Waals surface area (Å²) in [6, 6.07) is 24.0. The Morgan fingerprint density at radius 1 is 0.933 bits per heavy atom. The van der Waals surface area contributed by atoms with Crippen LogP contribution in [-0.2, 0) is 6.42 Å². The molecule has 4 rings (SSSR count). The minimum absolute atomic E-state index is 0.288. The van der Waals surface area contributed by atoms with E-state index in [1.165, 1.54) is 0 Å². The van der Waals surface area contributed by atoms with Crippen LogP contribution in [0.3, 0.4) is 0 Å². The number of benzene rings is 3. The van der Waals surface area contributed by atoms with Gasteiger partial charge in [0.15, 0.2) is 0 Å². The van der Waals surface area contributed by atoms with Crippen LogP contribution in [0.2, 0.25) is 0 Å². The molecule has 1 aromatic heterocycles. The Balaban J connectivity index is 1.67. The summed E-state index contributed by atoms with van der Waals surface area (Å²) in [5.74, 6) is 0.735. The van der Waals surface area contributed by atoms with Gasteiger partial charge >= 0.3 is 5.63 Å². The van der Waals surface area contributed by atoms with E-state index in [0.29, 0.717) is 24.2 Å². The topological polar surface area (TPSA) is 39.4 Å². The average molecular weight is 396 g/mol. The third kappa shape index (κ3) is 4.36. The van der Waals surface area contributed by atoms with Gasteiger partial charge in [-0.2, -0.15) is 0 Å². The maximum Gasteiger partial charge on any atom is 0.340 e. The lowest BCUT2D eigenvalue weighted by Gasteiger charge is -2.13. The first-order chi connectivity index (χ1) is 14.6. The number of ether oxygens (including phenoxy) is 1. The first-order valence-electron chi connectivity index (χ1n) is 10.1. The summed E-state index contributed by atoms with van der Waals surface area (Å²) in [6.45, 7) is 4.37. The highest BCUT2D eigenvalue weighted by molar-refractivity contribution is 5.88. The molecule has 3 aromatic carbocycles. The predicted octanol–water partition coefficient (Wildman–Crippen LogP) is 6.09. The van der Waals surface area contributed by atoms with Crippen LogP contribution in [0, 0.1) is 13.8 Å². The van der Waals surface area contributed by atoms with Crippen molar-refractivity contribution in [1.82, 2.24) is 0 Å². The van der Waals surface area contributed by atoms with Gasteiger partial charge in [-0.3, -0.25) is 0 Å². The third-order valence-corrected chi connectivity index (χ3v) is 5.16. The Bertz CT molecular complexity index is 1240. The molecule has 0 saturated heterocycles. The van der Waals surface area contributed by atoms with Gasteiger partial charge in [0.2, 0.25) is 0 Å². The second kappa shape index (κ2) is 8.83. The zero-order valence-electron chi connectivity index (χ0n) is 17.2. The van der Waals surface area contributed by atoms with Gasteiger partial charge in [-0.25, -0.2) is 4.79 Å². The molecule has 4 aromatic rings. The van der Waals surface area contributed by atoms with Crippen molar-refractivity contribution in [1.29, 1.82) is 0 Å². The Morgan fingerprint density at radius 2 is 1.63 bits per heavy atom. The molecule has 0 amide bonds. The minimum Gasteiger partial charge on any atom is -0.489 e. The van der Waals surface area contributed by atoms with E-state index in [2.05, 4.69) is 0 Å². The van der Waals surface area contributed by atoms with Crippen molar-refractivity contribution in [3.8, 4) is 5.75 Å². The van der Waals surface area contributed by atoms with Gasteiger partial charge in [0.05, 0.1) is 5.39 Å². The third-order valence-electron chi connectivity index (χ3n) is 5.16. The molecule has 0 saturated carbocycles. The summed E-state index contributed by atoms with van der Waals surface area (Å²) in [6.07, 6.45) is 4.56. The van der Waals surface area contributed by atoms with Crippen LogP contribution in [0.1, 0.15) is 27.8 Å². The summed E-state index contributed by atoms with van der Waals surface area (Å²) in [7, 11) is 0. The highest BCUT2D eigenvalue weighted by Crippen LogP contribution is 2.31. The van der Waals surface area contributed by atoms with E-state index < -0.39 is 0 Å². The van der Waals surface area contributed by atoms with Crippen molar-refractivity contribution in [2.24, 2.45) is 0 Å². The number of rotatable bonds is 6. The van der Waals surface area contributed by atoms with Gasteiger partial charge in [-0.15, -0.1) is 0 Å². The van der Waals surface area contributed by atoms with E-state index in [-0.39, 0.29) is 5.63 Å². The second-order valence-electron chi connectivity index (χ2n) is 7.42. The lowest BCUT2D eigenvalue weighted by molar-refractivity contribution is 0.367. The first kappa shape index (κ1) is 19.7. The van der Waals surface area contributed by atoms with E-state index in [9.17, 15) is 4.79 Å². The summed E-state index contributed by atoms with van der Waals surface area (Å²) < 4.78 is 11.8. The fraction of sp³-hybridized carbons (Fsp3) is 0.148. The Labute approximate surface area is 176 Å². The van der Waals surface area contributed by atoms with E-state index in [4.69, 9.17) is 9.15 Å². The smallest absolute Gasteiger partial charge is 0.340 e. The van der Waals surface area contributed by atoms with Gasteiger partial charge < -0.3 is 9.15 Å². The van der Waals surface area contributed by atoms with E-state index in [1.807, 2.05) is 98.8 Å². The van der Waals surface area contributed by atoms with Crippen LogP contribution in [0.25, 0.3) is 17.0 Å². The molecule has 0 aliphatic rings. The summed E-state index contributed by atoms with van der Waals surface area (Å²) in [4.78, 5) is 12.7.